The van der Waals surface area contributed by atoms with E-state index in [0.717, 1.165) is 0 Å². The van der Waals surface area contributed by atoms with E-state index in [9.17, 15) is 24.3 Å². The molecule has 0 rings (SSSR count). The zero-order valence-corrected chi connectivity index (χ0v) is 21.1. The number of aliphatic hydroxyl groups is 1. The number of hydrogen-bond acceptors (Lipinski definition) is 12. The Morgan fingerprint density at radius 3 is 1.74 bits per heavy atom. The van der Waals surface area contributed by atoms with Gasteiger partial charge in [-0.2, -0.15) is 0 Å². The predicted molar refractivity (Wildman–Crippen MR) is 120 cm³/mol. The molecule has 0 radical (unpaired) electrons. The molecule has 0 spiro atoms. The number of carbonyl (C=O) groups is 4. The molecule has 0 aromatic rings. The molecule has 2 unspecified atom stereocenters. The standard InChI is InChI=1S/C21H38N2O12/c1-14(2)10-31-17(25)22-15(9-24)11-32-20(28)34-13-16(23-18(26)35-21(3,4)5)12-33-19(27)30-8-7-29-6/h14-16,24H,7-13H2,1-6H3,(H,22,25)(H,23,26). The molecule has 0 aromatic heterocycles. The van der Waals surface area contributed by atoms with E-state index in [0.29, 0.717) is 0 Å². The molecule has 14 nitrogen and oxygen atoms in total. The topological polar surface area (TPSA) is 177 Å². The first kappa shape index (κ1) is 32.0. The fourth-order valence-corrected chi connectivity index (χ4v) is 1.99. The minimum absolute atomic E-state index is 0.0343. The first-order valence-corrected chi connectivity index (χ1v) is 11.0. The third-order valence-corrected chi connectivity index (χ3v) is 3.53. The Hall–Kier alpha value is -3.00. The number of ether oxygens (including phenoxy) is 7. The quantitative estimate of drug-likeness (QED) is 0.175. The minimum atomic E-state index is -1.15. The molecule has 35 heavy (non-hydrogen) atoms. The molecule has 0 saturated carbocycles. The number of nitrogens with one attached hydrogen (secondary N) is 2. The lowest BCUT2D eigenvalue weighted by atomic mass is 10.2. The van der Waals surface area contributed by atoms with E-state index in [2.05, 4.69) is 10.6 Å². The van der Waals surface area contributed by atoms with Crippen LogP contribution < -0.4 is 10.6 Å². The van der Waals surface area contributed by atoms with Gasteiger partial charge in [0.05, 0.1) is 25.9 Å². The van der Waals surface area contributed by atoms with Crippen LogP contribution in [0.2, 0.25) is 0 Å². The molecule has 0 aliphatic heterocycles. The molecular weight excluding hydrogens is 472 g/mol. The highest BCUT2D eigenvalue weighted by Gasteiger charge is 2.23. The average molecular weight is 511 g/mol. The van der Waals surface area contributed by atoms with E-state index in [4.69, 9.17) is 33.2 Å². The summed E-state index contributed by atoms with van der Waals surface area (Å²) >= 11 is 0. The molecule has 0 fully saturated rings. The van der Waals surface area contributed by atoms with Crippen molar-refractivity contribution >= 4 is 24.5 Å². The summed E-state index contributed by atoms with van der Waals surface area (Å²) in [7, 11) is 1.43. The molecule has 0 heterocycles. The molecule has 2 amide bonds. The van der Waals surface area contributed by atoms with Gasteiger partial charge < -0.3 is 48.9 Å². The summed E-state index contributed by atoms with van der Waals surface area (Å²) in [6, 6.07) is -1.92. The molecule has 3 N–H and O–H groups in total. The second kappa shape index (κ2) is 17.4. The van der Waals surface area contributed by atoms with Gasteiger partial charge in [-0.05, 0) is 26.7 Å². The highest BCUT2D eigenvalue weighted by Crippen LogP contribution is 2.07. The molecule has 0 aliphatic rings. The molecule has 0 saturated heterocycles. The minimum Gasteiger partial charge on any atom is -0.449 e. The summed E-state index contributed by atoms with van der Waals surface area (Å²) in [5.41, 5.74) is -0.795. The van der Waals surface area contributed by atoms with E-state index >= 15 is 0 Å². The summed E-state index contributed by atoms with van der Waals surface area (Å²) in [5, 5.41) is 14.1. The summed E-state index contributed by atoms with van der Waals surface area (Å²) < 4.78 is 34.3. The van der Waals surface area contributed by atoms with Crippen molar-refractivity contribution in [3.05, 3.63) is 0 Å². The third kappa shape index (κ3) is 19.0. The number of carbonyl (C=O) groups excluding carboxylic acids is 4. The summed E-state index contributed by atoms with van der Waals surface area (Å²) in [4.78, 5) is 47.3. The molecule has 0 bridgehead atoms. The van der Waals surface area contributed by atoms with E-state index in [1.807, 2.05) is 13.8 Å². The van der Waals surface area contributed by atoms with E-state index in [1.54, 1.807) is 20.8 Å². The number of rotatable bonds is 14. The molecule has 204 valence electrons. The van der Waals surface area contributed by atoms with Gasteiger partial charge in [-0.15, -0.1) is 0 Å². The van der Waals surface area contributed by atoms with Gasteiger partial charge in [-0.25, -0.2) is 19.2 Å². The lowest BCUT2D eigenvalue weighted by Gasteiger charge is -2.23. The van der Waals surface area contributed by atoms with Crippen molar-refractivity contribution in [2.24, 2.45) is 5.92 Å². The first-order valence-electron chi connectivity index (χ1n) is 11.0. The predicted octanol–water partition coefficient (Wildman–Crippen LogP) is 1.58. The Balaban J connectivity index is 4.68. The van der Waals surface area contributed by atoms with Crippen molar-refractivity contribution in [2.75, 3.05) is 53.4 Å². The number of aliphatic hydroxyl groups excluding tert-OH is 1. The monoisotopic (exact) mass is 510 g/mol. The normalized spacial score (nSPS) is 12.7. The van der Waals surface area contributed by atoms with Gasteiger partial charge in [0.2, 0.25) is 0 Å². The van der Waals surface area contributed by atoms with Crippen LogP contribution in [0.4, 0.5) is 19.2 Å². The summed E-state index contributed by atoms with van der Waals surface area (Å²) in [6.07, 6.45) is -3.77. The Morgan fingerprint density at radius 2 is 1.26 bits per heavy atom. The Morgan fingerprint density at radius 1 is 0.743 bits per heavy atom. The smallest absolute Gasteiger partial charge is 0.449 e. The average Bonchev–Trinajstić information content (AvgIpc) is 2.75. The molecular formula is C21H38N2O12. The van der Waals surface area contributed by atoms with Gasteiger partial charge in [-0.3, -0.25) is 0 Å². The van der Waals surface area contributed by atoms with Crippen molar-refractivity contribution in [1.29, 1.82) is 0 Å². The number of alkyl carbamates (subject to hydrolysis) is 2. The van der Waals surface area contributed by atoms with Crippen molar-refractivity contribution in [3.8, 4) is 0 Å². The number of amides is 2. The van der Waals surface area contributed by atoms with Crippen LogP contribution in [0.25, 0.3) is 0 Å². The van der Waals surface area contributed by atoms with Crippen LogP contribution in [0.3, 0.4) is 0 Å². The van der Waals surface area contributed by atoms with Crippen molar-refractivity contribution in [3.63, 3.8) is 0 Å². The fraction of sp³-hybridized carbons (Fsp3) is 0.810. The Bertz CT molecular complexity index is 651. The largest absolute Gasteiger partial charge is 0.508 e. The summed E-state index contributed by atoms with van der Waals surface area (Å²) in [5.74, 6) is 0.123. The number of hydrogen-bond donors (Lipinski definition) is 3. The zero-order valence-electron chi connectivity index (χ0n) is 21.1. The SMILES string of the molecule is COCCOC(=O)OCC(COC(=O)OCC(CO)NC(=O)OCC(C)C)NC(=O)OC(C)(C)C. The van der Waals surface area contributed by atoms with Gasteiger partial charge in [0, 0.05) is 7.11 Å². The second-order valence-electron chi connectivity index (χ2n) is 8.63. The molecule has 2 atom stereocenters. The number of methoxy groups -OCH3 is 1. The Kier molecular flexibility index (Phi) is 15.9. The maximum absolute atomic E-state index is 12.0. The van der Waals surface area contributed by atoms with Crippen LogP contribution in [0.15, 0.2) is 0 Å². The van der Waals surface area contributed by atoms with Crippen molar-refractivity contribution in [1.82, 2.24) is 10.6 Å². The second-order valence-corrected chi connectivity index (χ2v) is 8.63. The Labute approximate surface area is 204 Å². The highest BCUT2D eigenvalue weighted by molar-refractivity contribution is 5.68. The zero-order chi connectivity index (χ0) is 26.9. The van der Waals surface area contributed by atoms with Crippen molar-refractivity contribution in [2.45, 2.75) is 52.3 Å². The molecule has 0 aromatic carbocycles. The maximum Gasteiger partial charge on any atom is 0.508 e. The van der Waals surface area contributed by atoms with Crippen LogP contribution in [0.5, 0.6) is 0 Å². The molecule has 0 aliphatic carbocycles. The maximum atomic E-state index is 12.0. The van der Waals surface area contributed by atoms with Crippen molar-refractivity contribution < 1.29 is 57.4 Å². The van der Waals surface area contributed by atoms with Gasteiger partial charge >= 0.3 is 24.5 Å². The van der Waals surface area contributed by atoms with Crippen LogP contribution in [0.1, 0.15) is 34.6 Å². The van der Waals surface area contributed by atoms with Crippen LogP contribution >= 0.6 is 0 Å². The van der Waals surface area contributed by atoms with E-state index in [-0.39, 0.29) is 25.7 Å². The van der Waals surface area contributed by atoms with E-state index in [1.165, 1.54) is 7.11 Å². The van der Waals surface area contributed by atoms with Gasteiger partial charge in [0.15, 0.2) is 0 Å². The lowest BCUT2D eigenvalue weighted by molar-refractivity contribution is 0.00866. The third-order valence-electron chi connectivity index (χ3n) is 3.53. The highest BCUT2D eigenvalue weighted by atomic mass is 16.7. The van der Waals surface area contributed by atoms with E-state index < -0.39 is 68.6 Å². The summed E-state index contributed by atoms with van der Waals surface area (Å²) in [6.45, 7) is 7.22. The first-order chi connectivity index (χ1) is 16.4. The van der Waals surface area contributed by atoms with Crippen LogP contribution in [-0.4, -0.2) is 101 Å². The van der Waals surface area contributed by atoms with Crippen LogP contribution in [0, 0.1) is 5.92 Å². The molecule has 14 heteroatoms. The van der Waals surface area contributed by atoms with Crippen LogP contribution in [-0.2, 0) is 33.2 Å². The lowest BCUT2D eigenvalue weighted by Crippen LogP contribution is -2.45. The fourth-order valence-electron chi connectivity index (χ4n) is 1.99. The van der Waals surface area contributed by atoms with Gasteiger partial charge in [-0.1, -0.05) is 13.8 Å². The van der Waals surface area contributed by atoms with Gasteiger partial charge in [0.1, 0.15) is 38.1 Å². The van der Waals surface area contributed by atoms with Gasteiger partial charge in [0.25, 0.3) is 0 Å².